The summed E-state index contributed by atoms with van der Waals surface area (Å²) >= 11 is 0. The molecule has 0 atom stereocenters. The van der Waals surface area contributed by atoms with Gasteiger partial charge in [-0.25, -0.2) is 4.79 Å². The van der Waals surface area contributed by atoms with Gasteiger partial charge in [-0.2, -0.15) is 5.10 Å². The van der Waals surface area contributed by atoms with E-state index in [1.807, 2.05) is 6.92 Å². The first kappa shape index (κ1) is 12.0. The smallest absolute Gasteiger partial charge is 0.362 e. The number of aryl methyl sites for hydroxylation is 1. The molecule has 18 heavy (non-hydrogen) atoms. The number of carbonyl (C=O) groups excluding carboxylic acids is 1. The lowest BCUT2D eigenvalue weighted by Gasteiger charge is -2.05. The number of aromatic hydroxyl groups is 1. The van der Waals surface area contributed by atoms with Crippen LogP contribution in [0.15, 0.2) is 30.3 Å². The predicted molar refractivity (Wildman–Crippen MR) is 65.4 cm³/mol. The molecule has 6 nitrogen and oxygen atoms in total. The van der Waals surface area contributed by atoms with Crippen molar-refractivity contribution in [3.05, 3.63) is 36.0 Å². The lowest BCUT2D eigenvalue weighted by Crippen LogP contribution is -2.14. The highest BCUT2D eigenvalue weighted by Gasteiger charge is 2.15. The fourth-order valence-corrected chi connectivity index (χ4v) is 1.52. The van der Waals surface area contributed by atoms with Gasteiger partial charge in [-0.3, -0.25) is 4.68 Å². The molecule has 2 aromatic rings. The molecule has 0 saturated carbocycles. The summed E-state index contributed by atoms with van der Waals surface area (Å²) in [5.74, 6) is 0.194. The maximum absolute atomic E-state index is 11.9. The van der Waals surface area contributed by atoms with Gasteiger partial charge in [0.25, 0.3) is 0 Å². The van der Waals surface area contributed by atoms with E-state index in [1.54, 1.807) is 0 Å². The van der Waals surface area contributed by atoms with Gasteiger partial charge in [0.1, 0.15) is 23.0 Å². The number of phenols is 1. The third-order valence-corrected chi connectivity index (χ3v) is 2.35. The number of ether oxygens (including phenoxy) is 1. The molecule has 1 heterocycles. The van der Waals surface area contributed by atoms with Crippen molar-refractivity contribution in [2.45, 2.75) is 13.5 Å². The van der Waals surface area contributed by atoms with Crippen molar-refractivity contribution in [2.24, 2.45) is 0 Å². The topological polar surface area (TPSA) is 90.4 Å². The molecule has 0 amide bonds. The van der Waals surface area contributed by atoms with Crippen molar-refractivity contribution in [1.29, 1.82) is 0 Å². The van der Waals surface area contributed by atoms with Gasteiger partial charge in [-0.05, 0) is 31.2 Å². The van der Waals surface area contributed by atoms with Crippen LogP contribution in [0.1, 0.15) is 17.4 Å². The Hall–Kier alpha value is -2.50. The van der Waals surface area contributed by atoms with Gasteiger partial charge in [0.15, 0.2) is 0 Å². The number of hydrogen-bond acceptors (Lipinski definition) is 5. The number of aromatic nitrogens is 2. The van der Waals surface area contributed by atoms with Crippen LogP contribution >= 0.6 is 0 Å². The van der Waals surface area contributed by atoms with Crippen LogP contribution < -0.4 is 10.5 Å². The van der Waals surface area contributed by atoms with Crippen LogP contribution in [0.25, 0.3) is 0 Å². The number of nitrogens with two attached hydrogens (primary N) is 1. The second-order valence-corrected chi connectivity index (χ2v) is 3.65. The Balaban J connectivity index is 2.19. The highest BCUT2D eigenvalue weighted by molar-refractivity contribution is 5.90. The third-order valence-electron chi connectivity index (χ3n) is 2.35. The van der Waals surface area contributed by atoms with E-state index in [1.165, 1.54) is 35.0 Å². The Labute approximate surface area is 104 Å². The molecule has 1 aromatic carbocycles. The minimum Gasteiger partial charge on any atom is -0.508 e. The maximum Gasteiger partial charge on any atom is 0.362 e. The van der Waals surface area contributed by atoms with E-state index in [9.17, 15) is 4.79 Å². The average molecular weight is 247 g/mol. The molecule has 0 saturated heterocycles. The summed E-state index contributed by atoms with van der Waals surface area (Å²) in [5, 5.41) is 13.1. The third kappa shape index (κ3) is 2.42. The Morgan fingerprint density at radius 1 is 1.44 bits per heavy atom. The second-order valence-electron chi connectivity index (χ2n) is 3.65. The van der Waals surface area contributed by atoms with E-state index in [2.05, 4.69) is 5.10 Å². The summed E-state index contributed by atoms with van der Waals surface area (Å²) in [6, 6.07) is 7.35. The van der Waals surface area contributed by atoms with E-state index in [0.717, 1.165) is 0 Å². The van der Waals surface area contributed by atoms with Crippen LogP contribution in [0.5, 0.6) is 11.5 Å². The molecule has 0 unspecified atom stereocenters. The zero-order chi connectivity index (χ0) is 13.1. The van der Waals surface area contributed by atoms with Crippen molar-refractivity contribution in [2.75, 3.05) is 5.73 Å². The van der Waals surface area contributed by atoms with Crippen molar-refractivity contribution in [3.63, 3.8) is 0 Å². The van der Waals surface area contributed by atoms with Crippen molar-refractivity contribution >= 4 is 11.8 Å². The molecule has 0 aliphatic carbocycles. The first-order valence-corrected chi connectivity index (χ1v) is 5.44. The molecule has 6 heteroatoms. The van der Waals surface area contributed by atoms with Crippen LogP contribution in [-0.2, 0) is 6.54 Å². The quantitative estimate of drug-likeness (QED) is 0.632. The first-order chi connectivity index (χ1) is 8.60. The highest BCUT2D eigenvalue weighted by Crippen LogP contribution is 2.17. The molecule has 0 aliphatic rings. The summed E-state index contributed by atoms with van der Waals surface area (Å²) in [7, 11) is 0. The molecular weight excluding hydrogens is 234 g/mol. The molecule has 0 aliphatic heterocycles. The summed E-state index contributed by atoms with van der Waals surface area (Å²) in [6.45, 7) is 2.38. The normalized spacial score (nSPS) is 10.3. The Kier molecular flexibility index (Phi) is 3.18. The first-order valence-electron chi connectivity index (χ1n) is 5.44. The number of benzene rings is 1. The standard InChI is InChI=1S/C12H13N3O3/c1-2-15-10(7-11(13)14-15)12(17)18-9-5-3-8(16)4-6-9/h3-7,16H,2H2,1H3,(H2,13,14). The van der Waals surface area contributed by atoms with Crippen molar-refractivity contribution in [3.8, 4) is 11.5 Å². The summed E-state index contributed by atoms with van der Waals surface area (Å²) in [5.41, 5.74) is 5.83. The van der Waals surface area contributed by atoms with Crippen LogP contribution in [0.2, 0.25) is 0 Å². The molecule has 0 fully saturated rings. The van der Waals surface area contributed by atoms with E-state index in [0.29, 0.717) is 18.0 Å². The SMILES string of the molecule is CCn1nc(N)cc1C(=O)Oc1ccc(O)cc1. The Bertz CT molecular complexity index is 560. The molecule has 2 rings (SSSR count). The molecule has 1 aromatic heterocycles. The fraction of sp³-hybridized carbons (Fsp3) is 0.167. The second kappa shape index (κ2) is 4.79. The minimum atomic E-state index is -0.535. The number of carbonyl (C=O) groups is 1. The zero-order valence-electron chi connectivity index (χ0n) is 9.83. The van der Waals surface area contributed by atoms with Crippen molar-refractivity contribution in [1.82, 2.24) is 9.78 Å². The van der Waals surface area contributed by atoms with Crippen LogP contribution in [0, 0.1) is 0 Å². The van der Waals surface area contributed by atoms with E-state index < -0.39 is 5.97 Å². The van der Waals surface area contributed by atoms with E-state index in [4.69, 9.17) is 15.6 Å². The molecule has 0 spiro atoms. The number of nitrogen functional groups attached to an aromatic ring is 1. The van der Waals surface area contributed by atoms with Gasteiger partial charge >= 0.3 is 5.97 Å². The Morgan fingerprint density at radius 3 is 2.72 bits per heavy atom. The van der Waals surface area contributed by atoms with E-state index in [-0.39, 0.29) is 11.6 Å². The summed E-state index contributed by atoms with van der Waals surface area (Å²) in [6.07, 6.45) is 0. The number of esters is 1. The average Bonchev–Trinajstić information content (AvgIpc) is 2.73. The number of rotatable bonds is 3. The maximum atomic E-state index is 11.9. The van der Waals surface area contributed by atoms with Crippen LogP contribution in [0.4, 0.5) is 5.82 Å². The van der Waals surface area contributed by atoms with E-state index >= 15 is 0 Å². The van der Waals surface area contributed by atoms with Crippen LogP contribution in [0.3, 0.4) is 0 Å². The van der Waals surface area contributed by atoms with Crippen molar-refractivity contribution < 1.29 is 14.6 Å². The molecule has 0 bridgehead atoms. The highest BCUT2D eigenvalue weighted by atomic mass is 16.5. The number of hydrogen-bond donors (Lipinski definition) is 2. The lowest BCUT2D eigenvalue weighted by atomic mass is 10.3. The number of anilines is 1. The summed E-state index contributed by atoms with van der Waals surface area (Å²) < 4.78 is 6.62. The Morgan fingerprint density at radius 2 is 2.11 bits per heavy atom. The molecular formula is C12H13N3O3. The van der Waals surface area contributed by atoms with Gasteiger partial charge in [0.2, 0.25) is 0 Å². The van der Waals surface area contributed by atoms with Gasteiger partial charge in [-0.1, -0.05) is 0 Å². The minimum absolute atomic E-state index is 0.109. The van der Waals surface area contributed by atoms with Crippen LogP contribution in [-0.4, -0.2) is 20.9 Å². The monoisotopic (exact) mass is 247 g/mol. The number of nitrogens with zero attached hydrogens (tertiary/aromatic N) is 2. The zero-order valence-corrected chi connectivity index (χ0v) is 9.83. The molecule has 3 N–H and O–H groups in total. The lowest BCUT2D eigenvalue weighted by molar-refractivity contribution is 0.0721. The van der Waals surface area contributed by atoms with Gasteiger partial charge in [0.05, 0.1) is 0 Å². The number of phenolic OH excluding ortho intramolecular Hbond substituents is 1. The molecule has 0 radical (unpaired) electrons. The van der Waals surface area contributed by atoms with Gasteiger partial charge in [0, 0.05) is 12.6 Å². The predicted octanol–water partition coefficient (Wildman–Crippen LogP) is 1.41. The largest absolute Gasteiger partial charge is 0.508 e. The fourth-order valence-electron chi connectivity index (χ4n) is 1.52. The van der Waals surface area contributed by atoms with Gasteiger partial charge in [-0.15, -0.1) is 0 Å². The van der Waals surface area contributed by atoms with Gasteiger partial charge < -0.3 is 15.6 Å². The summed E-state index contributed by atoms with van der Waals surface area (Å²) in [4.78, 5) is 11.9. The molecule has 94 valence electrons.